The highest BCUT2D eigenvalue weighted by molar-refractivity contribution is 6.21. The van der Waals surface area contributed by atoms with E-state index in [9.17, 15) is 0 Å². The van der Waals surface area contributed by atoms with Crippen LogP contribution in [0.3, 0.4) is 0 Å². The molecule has 0 unspecified atom stereocenters. The molecular weight excluding hydrogens is 677 g/mol. The first-order valence-electron chi connectivity index (χ1n) is 19.3. The Balaban J connectivity index is 1.08. The van der Waals surface area contributed by atoms with Gasteiger partial charge in [-0.05, 0) is 121 Å². The quantitative estimate of drug-likeness (QED) is 0.156. The van der Waals surface area contributed by atoms with Gasteiger partial charge in [-0.3, -0.25) is 0 Å². The molecule has 56 heavy (non-hydrogen) atoms. The molecule has 1 aromatic heterocycles. The van der Waals surface area contributed by atoms with Crippen molar-refractivity contribution in [3.63, 3.8) is 0 Å². The number of para-hydroxylation sites is 2. The maximum absolute atomic E-state index is 2.39. The van der Waals surface area contributed by atoms with Crippen LogP contribution in [0, 0.1) is 0 Å². The van der Waals surface area contributed by atoms with Gasteiger partial charge >= 0.3 is 0 Å². The molecule has 0 aliphatic rings. The van der Waals surface area contributed by atoms with Crippen LogP contribution in [0.15, 0.2) is 218 Å². The zero-order chi connectivity index (χ0) is 37.0. The molecule has 0 N–H and O–H groups in total. The van der Waals surface area contributed by atoms with Gasteiger partial charge in [-0.2, -0.15) is 0 Å². The van der Waals surface area contributed by atoms with E-state index in [0.29, 0.717) is 0 Å². The van der Waals surface area contributed by atoms with Crippen LogP contribution < -0.4 is 4.90 Å². The number of anilines is 3. The molecule has 262 valence electrons. The van der Waals surface area contributed by atoms with Crippen molar-refractivity contribution in [3.05, 3.63) is 218 Å². The van der Waals surface area contributed by atoms with Gasteiger partial charge in [0.05, 0.1) is 11.0 Å². The van der Waals surface area contributed by atoms with Crippen LogP contribution in [0.4, 0.5) is 17.1 Å². The van der Waals surface area contributed by atoms with Crippen LogP contribution in [0.1, 0.15) is 0 Å². The highest BCUT2D eigenvalue weighted by atomic mass is 15.1. The summed E-state index contributed by atoms with van der Waals surface area (Å²) in [5, 5.41) is 10.1. The second-order valence-electron chi connectivity index (χ2n) is 14.5. The summed E-state index contributed by atoms with van der Waals surface area (Å²) in [4.78, 5) is 2.39. The van der Waals surface area contributed by atoms with Gasteiger partial charge in [0, 0.05) is 33.5 Å². The topological polar surface area (TPSA) is 8.17 Å². The summed E-state index contributed by atoms with van der Waals surface area (Å²) in [6.45, 7) is 0. The van der Waals surface area contributed by atoms with Crippen molar-refractivity contribution < 1.29 is 0 Å². The molecule has 0 bridgehead atoms. The minimum absolute atomic E-state index is 1.10. The molecule has 10 aromatic carbocycles. The van der Waals surface area contributed by atoms with E-state index in [1.54, 1.807) is 0 Å². The Labute approximate surface area is 325 Å². The summed E-state index contributed by atoms with van der Waals surface area (Å²) in [6.07, 6.45) is 0. The van der Waals surface area contributed by atoms with Crippen molar-refractivity contribution in [2.24, 2.45) is 0 Å². The zero-order valence-electron chi connectivity index (χ0n) is 30.7. The predicted molar refractivity (Wildman–Crippen MR) is 239 cm³/mol. The summed E-state index contributed by atoms with van der Waals surface area (Å²) in [5.41, 5.74) is 11.7. The lowest BCUT2D eigenvalue weighted by Crippen LogP contribution is -2.10. The van der Waals surface area contributed by atoms with Crippen LogP contribution in [-0.4, -0.2) is 4.57 Å². The molecular formula is C54H36N2. The van der Waals surface area contributed by atoms with Crippen molar-refractivity contribution in [2.75, 3.05) is 4.90 Å². The molecule has 2 nitrogen and oxygen atoms in total. The van der Waals surface area contributed by atoms with E-state index in [4.69, 9.17) is 0 Å². The van der Waals surface area contributed by atoms with Crippen molar-refractivity contribution in [1.82, 2.24) is 4.57 Å². The maximum Gasteiger partial charge on any atom is 0.0542 e. The largest absolute Gasteiger partial charge is 0.310 e. The van der Waals surface area contributed by atoms with Crippen molar-refractivity contribution in [1.29, 1.82) is 0 Å². The fourth-order valence-electron chi connectivity index (χ4n) is 8.73. The van der Waals surface area contributed by atoms with Crippen molar-refractivity contribution in [3.8, 4) is 27.9 Å². The summed E-state index contributed by atoms with van der Waals surface area (Å²) in [5.74, 6) is 0. The molecule has 11 aromatic rings. The Kier molecular flexibility index (Phi) is 7.53. The van der Waals surface area contributed by atoms with Crippen LogP contribution in [0.5, 0.6) is 0 Å². The lowest BCUT2D eigenvalue weighted by molar-refractivity contribution is 1.18. The number of hydrogen-bond acceptors (Lipinski definition) is 1. The Morgan fingerprint density at radius 2 is 0.821 bits per heavy atom. The third-order valence-corrected chi connectivity index (χ3v) is 11.4. The highest BCUT2D eigenvalue weighted by Gasteiger charge is 2.18. The lowest BCUT2D eigenvalue weighted by Gasteiger charge is -2.26. The van der Waals surface area contributed by atoms with Gasteiger partial charge in [-0.25, -0.2) is 0 Å². The molecule has 0 radical (unpaired) electrons. The zero-order valence-corrected chi connectivity index (χ0v) is 30.7. The standard InChI is InChI=1S/C54H36N2/c1-3-13-37(14-4-1)38-23-28-42(29-24-38)55(44-32-34-54-52(35-44)49-21-11-12-22-53(49)56(54)41-16-5-2-6-17-41)43-30-25-40(26-31-43)50-36-51-45-18-8-7-15-39(45)27-33-48(51)46-19-9-10-20-47(46)50/h1-36H. The summed E-state index contributed by atoms with van der Waals surface area (Å²) in [7, 11) is 0. The number of hydrogen-bond donors (Lipinski definition) is 0. The van der Waals surface area contributed by atoms with E-state index in [1.807, 2.05) is 0 Å². The Hall–Kier alpha value is -7.42. The van der Waals surface area contributed by atoms with Crippen LogP contribution in [0.2, 0.25) is 0 Å². The molecule has 0 fully saturated rings. The Morgan fingerprint density at radius 3 is 1.57 bits per heavy atom. The molecule has 0 aliphatic heterocycles. The second-order valence-corrected chi connectivity index (χ2v) is 14.5. The third-order valence-electron chi connectivity index (χ3n) is 11.4. The van der Waals surface area contributed by atoms with Gasteiger partial charge in [-0.15, -0.1) is 0 Å². The maximum atomic E-state index is 2.39. The molecule has 0 saturated carbocycles. The number of benzene rings is 10. The smallest absolute Gasteiger partial charge is 0.0542 e. The first-order chi connectivity index (χ1) is 27.8. The van der Waals surface area contributed by atoms with Gasteiger partial charge in [0.1, 0.15) is 0 Å². The van der Waals surface area contributed by atoms with E-state index in [-0.39, 0.29) is 0 Å². The predicted octanol–water partition coefficient (Wildman–Crippen LogP) is 15.0. The minimum Gasteiger partial charge on any atom is -0.310 e. The van der Waals surface area contributed by atoms with Crippen LogP contribution in [0.25, 0.3) is 82.1 Å². The third kappa shape index (κ3) is 5.26. The van der Waals surface area contributed by atoms with E-state index in [2.05, 4.69) is 228 Å². The van der Waals surface area contributed by atoms with Crippen LogP contribution in [-0.2, 0) is 0 Å². The van der Waals surface area contributed by atoms with E-state index >= 15 is 0 Å². The molecule has 2 heteroatoms. The SMILES string of the molecule is c1ccc(-c2ccc(N(c3ccc(-c4cc5c6ccccc6ccc5c5ccccc45)cc3)c3ccc4c(c3)c3ccccc3n4-c3ccccc3)cc2)cc1. The van der Waals surface area contributed by atoms with Crippen molar-refractivity contribution >= 4 is 71.2 Å². The molecule has 0 amide bonds. The fraction of sp³-hybridized carbons (Fsp3) is 0. The van der Waals surface area contributed by atoms with E-state index in [1.165, 1.54) is 76.4 Å². The number of aromatic nitrogens is 1. The van der Waals surface area contributed by atoms with Gasteiger partial charge in [0.25, 0.3) is 0 Å². The van der Waals surface area contributed by atoms with Crippen LogP contribution >= 0.6 is 0 Å². The molecule has 1 heterocycles. The first-order valence-corrected chi connectivity index (χ1v) is 19.3. The minimum atomic E-state index is 1.10. The second kappa shape index (κ2) is 13.2. The molecule has 0 aliphatic carbocycles. The Morgan fingerprint density at radius 1 is 0.286 bits per heavy atom. The molecule has 11 rings (SSSR count). The monoisotopic (exact) mass is 712 g/mol. The van der Waals surface area contributed by atoms with E-state index < -0.39 is 0 Å². The van der Waals surface area contributed by atoms with Gasteiger partial charge in [0.2, 0.25) is 0 Å². The normalized spacial score (nSPS) is 11.6. The molecule has 0 spiro atoms. The number of nitrogens with zero attached hydrogens (tertiary/aromatic N) is 2. The van der Waals surface area contributed by atoms with Gasteiger partial charge < -0.3 is 9.47 Å². The summed E-state index contributed by atoms with van der Waals surface area (Å²) < 4.78 is 2.37. The van der Waals surface area contributed by atoms with Crippen molar-refractivity contribution in [2.45, 2.75) is 0 Å². The van der Waals surface area contributed by atoms with Gasteiger partial charge in [0.15, 0.2) is 0 Å². The summed E-state index contributed by atoms with van der Waals surface area (Å²) in [6, 6.07) is 79.4. The lowest BCUT2D eigenvalue weighted by atomic mass is 9.91. The van der Waals surface area contributed by atoms with E-state index in [0.717, 1.165) is 22.7 Å². The molecule has 0 saturated heterocycles. The average molecular weight is 713 g/mol. The average Bonchev–Trinajstić information content (AvgIpc) is 3.61. The first kappa shape index (κ1) is 32.0. The van der Waals surface area contributed by atoms with Gasteiger partial charge in [-0.1, -0.05) is 152 Å². The molecule has 0 atom stereocenters. The summed E-state index contributed by atoms with van der Waals surface area (Å²) >= 11 is 0. The highest BCUT2D eigenvalue weighted by Crippen LogP contribution is 2.42. The number of rotatable bonds is 6. The fourth-order valence-corrected chi connectivity index (χ4v) is 8.73. The Bertz CT molecular complexity index is 3210. The number of fused-ring (bicyclic) bond motifs is 8.